The molecule has 1 aliphatic rings. The molecule has 1 aliphatic heterocycles. The fraction of sp³-hybridized carbons (Fsp3) is 0.318. The predicted molar refractivity (Wildman–Crippen MR) is 121 cm³/mol. The summed E-state index contributed by atoms with van der Waals surface area (Å²) in [6.07, 6.45) is 2.88. The highest BCUT2D eigenvalue weighted by molar-refractivity contribution is 7.92. The molecule has 0 radical (unpaired) electrons. The number of fused-ring (bicyclic) bond motifs is 1. The van der Waals surface area contributed by atoms with Crippen LogP contribution in [0.15, 0.2) is 47.9 Å². The molecule has 158 valence electrons. The van der Waals surface area contributed by atoms with Crippen LogP contribution in [0.2, 0.25) is 0 Å². The molecule has 0 spiro atoms. The highest BCUT2D eigenvalue weighted by atomic mass is 32.2. The van der Waals surface area contributed by atoms with E-state index in [1.54, 1.807) is 13.2 Å². The van der Waals surface area contributed by atoms with Crippen LogP contribution in [-0.4, -0.2) is 44.0 Å². The van der Waals surface area contributed by atoms with Crippen molar-refractivity contribution in [3.63, 3.8) is 0 Å². The number of hydrogen-bond donors (Lipinski definition) is 0. The van der Waals surface area contributed by atoms with Crippen LogP contribution in [0.4, 0.5) is 0 Å². The summed E-state index contributed by atoms with van der Waals surface area (Å²) in [6.45, 7) is 2.87. The maximum absolute atomic E-state index is 12.6. The summed E-state index contributed by atoms with van der Waals surface area (Å²) in [5.74, 6) is 0.761. The minimum absolute atomic E-state index is 0.0417. The Morgan fingerprint density at radius 2 is 1.87 bits per heavy atom. The summed E-state index contributed by atoms with van der Waals surface area (Å²) in [5.41, 5.74) is 2.86. The van der Waals surface area contributed by atoms with Crippen molar-refractivity contribution in [3.8, 4) is 10.9 Å². The van der Waals surface area contributed by atoms with Crippen molar-refractivity contribution in [3.05, 3.63) is 59.0 Å². The van der Waals surface area contributed by atoms with E-state index in [0.717, 1.165) is 27.1 Å². The van der Waals surface area contributed by atoms with Gasteiger partial charge in [-0.25, -0.2) is 13.4 Å². The molecule has 1 fully saturated rings. The number of rotatable bonds is 6. The van der Waals surface area contributed by atoms with Gasteiger partial charge in [0.05, 0.1) is 17.3 Å². The molecule has 2 heterocycles. The number of aryl methyl sites for hydroxylation is 1. The van der Waals surface area contributed by atoms with Gasteiger partial charge in [0, 0.05) is 24.6 Å². The Morgan fingerprint density at radius 3 is 2.57 bits per heavy atom. The first-order valence-corrected chi connectivity index (χ1v) is 12.1. The molecule has 30 heavy (non-hydrogen) atoms. The van der Waals surface area contributed by atoms with Crippen molar-refractivity contribution in [1.29, 1.82) is 0 Å². The number of aromatic nitrogens is 1. The van der Waals surface area contributed by atoms with Gasteiger partial charge in [0.25, 0.3) is 5.19 Å². The Balaban J connectivity index is 1.35. The molecule has 1 saturated heterocycles. The molecule has 8 heteroatoms. The zero-order chi connectivity index (χ0) is 21.1. The first kappa shape index (κ1) is 20.8. The Hall–Kier alpha value is -2.42. The van der Waals surface area contributed by atoms with Crippen molar-refractivity contribution >= 4 is 37.7 Å². The first-order valence-electron chi connectivity index (χ1n) is 9.79. The van der Waals surface area contributed by atoms with Gasteiger partial charge in [0.2, 0.25) is 10.0 Å². The molecular formula is C22H24N2O4S2. The summed E-state index contributed by atoms with van der Waals surface area (Å²) in [4.78, 5) is 4.53. The number of nitrogens with zero attached hydrogens (tertiary/aromatic N) is 2. The SMILES string of the molecule is COc1ccc2sc(OC3CCN(S(=O)(=O)/C=C/c4ccc(C)cc4)CC3)nc2c1. The van der Waals surface area contributed by atoms with E-state index in [-0.39, 0.29) is 6.10 Å². The van der Waals surface area contributed by atoms with Gasteiger partial charge < -0.3 is 9.47 Å². The fourth-order valence-corrected chi connectivity index (χ4v) is 5.42. The predicted octanol–water partition coefficient (Wildman–Crippen LogP) is 4.46. The third-order valence-corrected chi connectivity index (χ3v) is 7.61. The first-order chi connectivity index (χ1) is 14.4. The van der Waals surface area contributed by atoms with Crippen LogP contribution in [0.5, 0.6) is 10.9 Å². The van der Waals surface area contributed by atoms with Crippen molar-refractivity contribution in [2.24, 2.45) is 0 Å². The van der Waals surface area contributed by atoms with Gasteiger partial charge in [-0.2, -0.15) is 4.31 Å². The van der Waals surface area contributed by atoms with Crippen molar-refractivity contribution in [1.82, 2.24) is 9.29 Å². The van der Waals surface area contributed by atoms with Gasteiger partial charge in [-0.1, -0.05) is 41.2 Å². The molecule has 0 saturated carbocycles. The molecular weight excluding hydrogens is 420 g/mol. The van der Waals surface area contributed by atoms with E-state index in [2.05, 4.69) is 4.98 Å². The van der Waals surface area contributed by atoms with Crippen LogP contribution in [0.25, 0.3) is 16.3 Å². The normalized spacial score (nSPS) is 16.3. The molecule has 6 nitrogen and oxygen atoms in total. The second-order valence-electron chi connectivity index (χ2n) is 7.29. The highest BCUT2D eigenvalue weighted by Gasteiger charge is 2.28. The maximum atomic E-state index is 12.6. The number of benzene rings is 2. The summed E-state index contributed by atoms with van der Waals surface area (Å²) in [7, 11) is -1.82. The Bertz CT molecular complexity index is 1150. The molecule has 1 aromatic heterocycles. The Kier molecular flexibility index (Phi) is 6.08. The molecule has 0 unspecified atom stereocenters. The van der Waals surface area contributed by atoms with E-state index in [9.17, 15) is 8.42 Å². The van der Waals surface area contributed by atoms with Crippen LogP contribution in [0.3, 0.4) is 0 Å². The molecule has 0 atom stereocenters. The monoisotopic (exact) mass is 444 g/mol. The van der Waals surface area contributed by atoms with Crippen LogP contribution >= 0.6 is 11.3 Å². The van der Waals surface area contributed by atoms with Crippen LogP contribution in [0, 0.1) is 6.92 Å². The van der Waals surface area contributed by atoms with E-state index in [1.807, 2.05) is 49.4 Å². The van der Waals surface area contributed by atoms with Gasteiger partial charge >= 0.3 is 0 Å². The number of hydrogen-bond acceptors (Lipinski definition) is 6. The zero-order valence-electron chi connectivity index (χ0n) is 16.9. The molecule has 0 N–H and O–H groups in total. The van der Waals surface area contributed by atoms with E-state index in [0.29, 0.717) is 31.1 Å². The second-order valence-corrected chi connectivity index (χ2v) is 10.1. The largest absolute Gasteiger partial charge is 0.497 e. The topological polar surface area (TPSA) is 68.7 Å². The Morgan fingerprint density at radius 1 is 1.13 bits per heavy atom. The van der Waals surface area contributed by atoms with E-state index < -0.39 is 10.0 Å². The average molecular weight is 445 g/mol. The van der Waals surface area contributed by atoms with E-state index >= 15 is 0 Å². The van der Waals surface area contributed by atoms with Gasteiger partial charge in [0.15, 0.2) is 0 Å². The maximum Gasteiger partial charge on any atom is 0.274 e. The van der Waals surface area contributed by atoms with Gasteiger partial charge in [-0.3, -0.25) is 0 Å². The summed E-state index contributed by atoms with van der Waals surface area (Å²) < 4.78 is 39.1. The van der Waals surface area contributed by atoms with Gasteiger partial charge in [-0.05, 0) is 43.5 Å². The Labute approximate surface area is 180 Å². The van der Waals surface area contributed by atoms with Crippen molar-refractivity contribution < 1.29 is 17.9 Å². The number of ether oxygens (including phenoxy) is 2. The van der Waals surface area contributed by atoms with E-state index in [1.165, 1.54) is 21.1 Å². The summed E-state index contributed by atoms with van der Waals surface area (Å²) in [5, 5.41) is 1.90. The number of piperidine rings is 1. The quantitative estimate of drug-likeness (QED) is 0.562. The highest BCUT2D eigenvalue weighted by Crippen LogP contribution is 2.32. The van der Waals surface area contributed by atoms with Crippen LogP contribution < -0.4 is 9.47 Å². The smallest absolute Gasteiger partial charge is 0.274 e. The zero-order valence-corrected chi connectivity index (χ0v) is 18.6. The third kappa shape index (κ3) is 4.83. The minimum atomic E-state index is -3.45. The number of thiazole rings is 1. The van der Waals surface area contributed by atoms with E-state index in [4.69, 9.17) is 9.47 Å². The van der Waals surface area contributed by atoms with Crippen LogP contribution in [0.1, 0.15) is 24.0 Å². The molecule has 3 aromatic rings. The summed E-state index contributed by atoms with van der Waals surface area (Å²) >= 11 is 1.49. The van der Waals surface area contributed by atoms with Crippen LogP contribution in [-0.2, 0) is 10.0 Å². The molecule has 0 amide bonds. The van der Waals surface area contributed by atoms with Gasteiger partial charge in [0.1, 0.15) is 11.9 Å². The lowest BCUT2D eigenvalue weighted by atomic mass is 10.1. The minimum Gasteiger partial charge on any atom is -0.497 e. The van der Waals surface area contributed by atoms with Crippen molar-refractivity contribution in [2.45, 2.75) is 25.9 Å². The molecule has 0 aliphatic carbocycles. The lowest BCUT2D eigenvalue weighted by molar-refractivity contribution is 0.135. The molecule has 2 aromatic carbocycles. The lowest BCUT2D eigenvalue weighted by Crippen LogP contribution is -2.40. The standard InChI is InChI=1S/C22H24N2O4S2/c1-16-3-5-17(6-4-16)11-14-30(25,26)24-12-9-18(10-13-24)28-22-23-20-15-19(27-2)7-8-21(20)29-22/h3-8,11,14-15,18H,9-10,12-13H2,1-2H3/b14-11+. The second kappa shape index (κ2) is 8.75. The number of sulfonamides is 1. The average Bonchev–Trinajstić information content (AvgIpc) is 3.15. The molecule has 4 rings (SSSR count). The van der Waals surface area contributed by atoms with Crippen molar-refractivity contribution in [2.75, 3.05) is 20.2 Å². The summed E-state index contributed by atoms with van der Waals surface area (Å²) in [6, 6.07) is 13.5. The lowest BCUT2D eigenvalue weighted by Gasteiger charge is -2.29. The molecule has 0 bridgehead atoms. The number of methoxy groups -OCH3 is 1. The third-order valence-electron chi connectivity index (χ3n) is 5.11. The van der Waals surface area contributed by atoms with Gasteiger partial charge in [-0.15, -0.1) is 0 Å². The fourth-order valence-electron chi connectivity index (χ4n) is 3.34.